The Hall–Kier alpha value is -1.57. The number of thiazole rings is 1. The molecule has 1 aromatic heterocycles. The van der Waals surface area contributed by atoms with Gasteiger partial charge in [-0.25, -0.2) is 4.98 Å². The van der Waals surface area contributed by atoms with Crippen molar-refractivity contribution >= 4 is 29.0 Å². The predicted molar refractivity (Wildman–Crippen MR) is 102 cm³/mol. The molecule has 3 rings (SSSR count). The number of nitrogens with zero attached hydrogens (tertiary/aromatic N) is 2. The molecule has 0 N–H and O–H groups in total. The number of hydrogen-bond donors (Lipinski definition) is 0. The smallest absolute Gasteiger partial charge is 0.232 e. The van der Waals surface area contributed by atoms with Crippen molar-refractivity contribution in [3.05, 3.63) is 35.3 Å². The van der Waals surface area contributed by atoms with Crippen molar-refractivity contribution in [2.24, 2.45) is 0 Å². The van der Waals surface area contributed by atoms with Gasteiger partial charge in [-0.3, -0.25) is 4.79 Å². The summed E-state index contributed by atoms with van der Waals surface area (Å²) in [6.45, 7) is 4.03. The van der Waals surface area contributed by atoms with Crippen molar-refractivity contribution in [3.8, 4) is 16.3 Å². The Bertz CT molecular complexity index is 703. The fourth-order valence-electron chi connectivity index (χ4n) is 2.62. The van der Waals surface area contributed by atoms with E-state index in [9.17, 15) is 4.79 Å². The molecule has 0 unspecified atom stereocenters. The molecule has 0 spiro atoms. The largest absolute Gasteiger partial charge is 0.497 e. The molecular weight excluding hydrogens is 356 g/mol. The molecular formula is C18H22N2O3S2. The van der Waals surface area contributed by atoms with E-state index in [1.807, 2.05) is 36.1 Å². The summed E-state index contributed by atoms with van der Waals surface area (Å²) < 4.78 is 10.7. The standard InChI is InChI=1S/C18H22N2O3S2/c1-13-9-20(7-8-23-13)17(21)12-24-10-15-11-25-18(19-15)14-3-5-16(22-2)6-4-14/h3-6,11,13H,7-10,12H2,1-2H3/t13-/m0/s1. The number of carbonyl (C=O) groups excluding carboxylic acids is 1. The molecule has 0 saturated carbocycles. The van der Waals surface area contributed by atoms with Crippen LogP contribution >= 0.6 is 23.1 Å². The average Bonchev–Trinajstić information content (AvgIpc) is 3.10. The highest BCUT2D eigenvalue weighted by molar-refractivity contribution is 7.99. The van der Waals surface area contributed by atoms with Gasteiger partial charge in [0.05, 0.1) is 31.3 Å². The molecule has 1 aliphatic heterocycles. The van der Waals surface area contributed by atoms with Crippen LogP contribution in [-0.4, -0.2) is 54.5 Å². The fourth-order valence-corrected chi connectivity index (χ4v) is 4.37. The molecule has 1 fully saturated rings. The summed E-state index contributed by atoms with van der Waals surface area (Å²) in [6, 6.07) is 7.90. The van der Waals surface area contributed by atoms with Gasteiger partial charge in [-0.05, 0) is 31.2 Å². The minimum atomic E-state index is 0.133. The number of methoxy groups -OCH3 is 1. The third kappa shape index (κ3) is 4.96. The molecule has 1 aromatic carbocycles. The lowest BCUT2D eigenvalue weighted by Gasteiger charge is -2.31. The van der Waals surface area contributed by atoms with Gasteiger partial charge in [0.1, 0.15) is 10.8 Å². The number of rotatable bonds is 6. The average molecular weight is 379 g/mol. The fraction of sp³-hybridized carbons (Fsp3) is 0.444. The summed E-state index contributed by atoms with van der Waals surface area (Å²) in [4.78, 5) is 18.8. The minimum absolute atomic E-state index is 0.133. The zero-order valence-corrected chi connectivity index (χ0v) is 16.1. The Morgan fingerprint density at radius 2 is 2.24 bits per heavy atom. The molecule has 2 aromatic rings. The summed E-state index contributed by atoms with van der Waals surface area (Å²) >= 11 is 3.24. The third-order valence-electron chi connectivity index (χ3n) is 3.96. The Morgan fingerprint density at radius 1 is 1.44 bits per heavy atom. The monoisotopic (exact) mass is 378 g/mol. The van der Waals surface area contributed by atoms with Gasteiger partial charge in [0, 0.05) is 29.8 Å². The van der Waals surface area contributed by atoms with E-state index >= 15 is 0 Å². The third-order valence-corrected chi connectivity index (χ3v) is 5.85. The van der Waals surface area contributed by atoms with Crippen LogP contribution in [0.2, 0.25) is 0 Å². The number of carbonyl (C=O) groups is 1. The maximum absolute atomic E-state index is 12.2. The van der Waals surface area contributed by atoms with Gasteiger partial charge in [0.15, 0.2) is 0 Å². The van der Waals surface area contributed by atoms with Gasteiger partial charge in [-0.2, -0.15) is 0 Å². The van der Waals surface area contributed by atoms with Crippen LogP contribution in [0.5, 0.6) is 5.75 Å². The summed E-state index contributed by atoms with van der Waals surface area (Å²) in [7, 11) is 1.66. The van der Waals surface area contributed by atoms with Crippen LogP contribution in [0.4, 0.5) is 0 Å². The Morgan fingerprint density at radius 3 is 2.96 bits per heavy atom. The van der Waals surface area contributed by atoms with Crippen molar-refractivity contribution in [2.45, 2.75) is 18.8 Å². The van der Waals surface area contributed by atoms with Crippen LogP contribution in [0.25, 0.3) is 10.6 Å². The molecule has 25 heavy (non-hydrogen) atoms. The van der Waals surface area contributed by atoms with Gasteiger partial charge in [-0.15, -0.1) is 23.1 Å². The first-order valence-electron chi connectivity index (χ1n) is 8.21. The normalized spacial score (nSPS) is 17.5. The van der Waals surface area contributed by atoms with Crippen LogP contribution in [-0.2, 0) is 15.3 Å². The number of aromatic nitrogens is 1. The highest BCUT2D eigenvalue weighted by atomic mass is 32.2. The minimum Gasteiger partial charge on any atom is -0.497 e. The Kier molecular flexibility index (Phi) is 6.34. The molecule has 1 saturated heterocycles. The second kappa shape index (κ2) is 8.69. The van der Waals surface area contributed by atoms with Crippen molar-refractivity contribution in [3.63, 3.8) is 0 Å². The van der Waals surface area contributed by atoms with Crippen molar-refractivity contribution in [2.75, 3.05) is 32.6 Å². The first-order chi connectivity index (χ1) is 12.2. The number of thioether (sulfide) groups is 1. The van der Waals surface area contributed by atoms with E-state index in [4.69, 9.17) is 9.47 Å². The topological polar surface area (TPSA) is 51.7 Å². The second-order valence-corrected chi connectivity index (χ2v) is 7.73. The lowest BCUT2D eigenvalue weighted by molar-refractivity contribution is -0.135. The Balaban J connectivity index is 1.49. The van der Waals surface area contributed by atoms with E-state index in [1.54, 1.807) is 30.2 Å². The highest BCUT2D eigenvalue weighted by Gasteiger charge is 2.21. The van der Waals surface area contributed by atoms with E-state index in [-0.39, 0.29) is 12.0 Å². The summed E-state index contributed by atoms with van der Waals surface area (Å²) in [5.41, 5.74) is 2.10. The summed E-state index contributed by atoms with van der Waals surface area (Å²) in [6.07, 6.45) is 0.133. The van der Waals surface area contributed by atoms with Crippen LogP contribution in [0.1, 0.15) is 12.6 Å². The quantitative estimate of drug-likeness (QED) is 0.772. The molecule has 2 heterocycles. The molecule has 1 atom stereocenters. The van der Waals surface area contributed by atoms with Crippen LogP contribution in [0.15, 0.2) is 29.6 Å². The maximum Gasteiger partial charge on any atom is 0.232 e. The van der Waals surface area contributed by atoms with Crippen LogP contribution in [0.3, 0.4) is 0 Å². The number of ether oxygens (including phenoxy) is 2. The van der Waals surface area contributed by atoms with Gasteiger partial charge in [0.25, 0.3) is 0 Å². The molecule has 1 aliphatic rings. The second-order valence-electron chi connectivity index (χ2n) is 5.89. The first kappa shape index (κ1) is 18.2. The molecule has 7 heteroatoms. The molecule has 0 aliphatic carbocycles. The van der Waals surface area contributed by atoms with Gasteiger partial charge < -0.3 is 14.4 Å². The van der Waals surface area contributed by atoms with Crippen LogP contribution < -0.4 is 4.74 Å². The van der Waals surface area contributed by atoms with Crippen molar-refractivity contribution in [1.29, 1.82) is 0 Å². The molecule has 1 amide bonds. The van der Waals surface area contributed by atoms with E-state index in [0.717, 1.165) is 27.8 Å². The zero-order chi connectivity index (χ0) is 17.6. The number of benzene rings is 1. The SMILES string of the molecule is COc1ccc(-c2nc(CSCC(=O)N3CCO[C@@H](C)C3)cs2)cc1. The van der Waals surface area contributed by atoms with Crippen molar-refractivity contribution < 1.29 is 14.3 Å². The van der Waals surface area contributed by atoms with Gasteiger partial charge in [-0.1, -0.05) is 0 Å². The molecule has 0 bridgehead atoms. The molecule has 0 radical (unpaired) electrons. The van der Waals surface area contributed by atoms with Gasteiger partial charge in [0.2, 0.25) is 5.91 Å². The first-order valence-corrected chi connectivity index (χ1v) is 10.2. The lowest BCUT2D eigenvalue weighted by atomic mass is 10.2. The number of amides is 1. The van der Waals surface area contributed by atoms with E-state index in [0.29, 0.717) is 25.4 Å². The molecule has 5 nitrogen and oxygen atoms in total. The Labute approximate surface area is 156 Å². The predicted octanol–water partition coefficient (Wildman–Crippen LogP) is 3.30. The lowest BCUT2D eigenvalue weighted by Crippen LogP contribution is -2.45. The molecule has 134 valence electrons. The number of morpholine rings is 1. The number of hydrogen-bond acceptors (Lipinski definition) is 6. The van der Waals surface area contributed by atoms with Crippen LogP contribution in [0, 0.1) is 0 Å². The van der Waals surface area contributed by atoms with E-state index < -0.39 is 0 Å². The summed E-state index contributed by atoms with van der Waals surface area (Å²) in [5.74, 6) is 2.26. The summed E-state index contributed by atoms with van der Waals surface area (Å²) in [5, 5.41) is 3.06. The van der Waals surface area contributed by atoms with Crippen molar-refractivity contribution in [1.82, 2.24) is 9.88 Å². The van der Waals surface area contributed by atoms with E-state index in [2.05, 4.69) is 10.4 Å². The highest BCUT2D eigenvalue weighted by Crippen LogP contribution is 2.27. The van der Waals surface area contributed by atoms with E-state index in [1.165, 1.54) is 0 Å². The van der Waals surface area contributed by atoms with Gasteiger partial charge >= 0.3 is 0 Å². The zero-order valence-electron chi connectivity index (χ0n) is 14.4. The maximum atomic E-state index is 12.2.